The molecule has 0 aliphatic heterocycles. The number of aryl methyl sites for hydroxylation is 1. The van der Waals surface area contributed by atoms with Crippen LogP contribution in [0.2, 0.25) is 0 Å². The highest BCUT2D eigenvalue weighted by Crippen LogP contribution is 2.20. The number of aliphatic carboxylic acids is 1. The van der Waals surface area contributed by atoms with E-state index in [9.17, 15) is 19.8 Å². The lowest BCUT2D eigenvalue weighted by Crippen LogP contribution is -2.53. The molecule has 5 nitrogen and oxygen atoms in total. The first-order valence-electron chi connectivity index (χ1n) is 6.21. The predicted molar refractivity (Wildman–Crippen MR) is 71.3 cm³/mol. The highest BCUT2D eigenvalue weighted by Gasteiger charge is 2.36. The summed E-state index contributed by atoms with van der Waals surface area (Å²) in [6.45, 7) is 5.14. The van der Waals surface area contributed by atoms with Crippen molar-refractivity contribution in [2.24, 2.45) is 0 Å². The summed E-state index contributed by atoms with van der Waals surface area (Å²) in [5, 5.41) is 21.4. The number of carboxylic acid groups (broad SMARTS) is 1. The van der Waals surface area contributed by atoms with Crippen LogP contribution >= 0.6 is 0 Å². The van der Waals surface area contributed by atoms with Gasteiger partial charge in [0.2, 0.25) is 0 Å². The van der Waals surface area contributed by atoms with Crippen LogP contribution < -0.4 is 5.32 Å². The minimum absolute atomic E-state index is 0.0153. The Hall–Kier alpha value is -2.04. The lowest BCUT2D eigenvalue weighted by molar-refractivity contribution is -0.144. The van der Waals surface area contributed by atoms with Crippen molar-refractivity contribution < 1.29 is 19.8 Å². The molecule has 1 aromatic rings. The van der Waals surface area contributed by atoms with Crippen molar-refractivity contribution in [3.8, 4) is 5.75 Å². The molecular weight excluding hydrogens is 246 g/mol. The van der Waals surface area contributed by atoms with Crippen LogP contribution in [-0.4, -0.2) is 27.6 Å². The third-order valence-electron chi connectivity index (χ3n) is 3.44. The minimum Gasteiger partial charge on any atom is -0.508 e. The van der Waals surface area contributed by atoms with Crippen LogP contribution in [0, 0.1) is 6.92 Å². The Bertz CT molecular complexity index is 492. The number of phenols is 1. The molecule has 1 rings (SSSR count). The highest BCUT2D eigenvalue weighted by atomic mass is 16.4. The van der Waals surface area contributed by atoms with E-state index in [4.69, 9.17) is 0 Å². The van der Waals surface area contributed by atoms with Crippen molar-refractivity contribution in [3.63, 3.8) is 0 Å². The standard InChI is InChI=1S/C14H19NO4/c1-4-14(5-2,13(18)19)15-12(17)10-7-6-9(3)11(16)8-10/h6-8,16H,4-5H2,1-3H3,(H,15,17)(H,18,19). The molecule has 0 aliphatic rings. The largest absolute Gasteiger partial charge is 0.508 e. The number of carbonyl (C=O) groups is 2. The quantitative estimate of drug-likeness (QED) is 0.760. The van der Waals surface area contributed by atoms with Gasteiger partial charge in [0.05, 0.1) is 0 Å². The fourth-order valence-electron chi connectivity index (χ4n) is 1.82. The first-order chi connectivity index (χ1) is 8.86. The number of aromatic hydroxyl groups is 1. The number of hydrogen-bond acceptors (Lipinski definition) is 3. The maximum absolute atomic E-state index is 12.1. The lowest BCUT2D eigenvalue weighted by atomic mass is 9.92. The Labute approximate surface area is 112 Å². The molecule has 104 valence electrons. The summed E-state index contributed by atoms with van der Waals surface area (Å²) in [6, 6.07) is 4.51. The monoisotopic (exact) mass is 265 g/mol. The molecule has 0 spiro atoms. The summed E-state index contributed by atoms with van der Waals surface area (Å²) in [5.74, 6) is -1.54. The molecule has 1 aromatic carbocycles. The van der Waals surface area contributed by atoms with Crippen molar-refractivity contribution in [2.45, 2.75) is 39.2 Å². The van der Waals surface area contributed by atoms with E-state index in [1.54, 1.807) is 32.9 Å². The van der Waals surface area contributed by atoms with Crippen molar-refractivity contribution in [2.75, 3.05) is 0 Å². The fourth-order valence-corrected chi connectivity index (χ4v) is 1.82. The van der Waals surface area contributed by atoms with Gasteiger partial charge in [-0.25, -0.2) is 4.79 Å². The van der Waals surface area contributed by atoms with Crippen LogP contribution in [-0.2, 0) is 4.79 Å². The molecule has 0 aromatic heterocycles. The molecular formula is C14H19NO4. The van der Waals surface area contributed by atoms with Crippen LogP contribution in [0.1, 0.15) is 42.6 Å². The number of rotatable bonds is 5. The van der Waals surface area contributed by atoms with Gasteiger partial charge < -0.3 is 15.5 Å². The van der Waals surface area contributed by atoms with E-state index in [0.717, 1.165) is 0 Å². The number of benzene rings is 1. The van der Waals surface area contributed by atoms with Crippen molar-refractivity contribution >= 4 is 11.9 Å². The Morgan fingerprint density at radius 1 is 1.26 bits per heavy atom. The summed E-state index contributed by atoms with van der Waals surface area (Å²) in [5.41, 5.74) is -0.361. The number of carboxylic acids is 1. The van der Waals surface area contributed by atoms with Crippen molar-refractivity contribution in [1.82, 2.24) is 5.32 Å². The van der Waals surface area contributed by atoms with Gasteiger partial charge in [-0.15, -0.1) is 0 Å². The number of hydrogen-bond donors (Lipinski definition) is 3. The van der Waals surface area contributed by atoms with E-state index in [2.05, 4.69) is 5.32 Å². The zero-order valence-electron chi connectivity index (χ0n) is 11.4. The third kappa shape index (κ3) is 3.05. The lowest BCUT2D eigenvalue weighted by Gasteiger charge is -2.28. The van der Waals surface area contributed by atoms with Gasteiger partial charge in [-0.2, -0.15) is 0 Å². The first kappa shape index (κ1) is 15.0. The van der Waals surface area contributed by atoms with E-state index in [0.29, 0.717) is 18.4 Å². The van der Waals surface area contributed by atoms with Crippen LogP contribution in [0.4, 0.5) is 0 Å². The maximum Gasteiger partial charge on any atom is 0.329 e. The number of nitrogens with one attached hydrogen (secondary N) is 1. The van der Waals surface area contributed by atoms with Gasteiger partial charge in [0.25, 0.3) is 5.91 Å². The summed E-state index contributed by atoms with van der Waals surface area (Å²) < 4.78 is 0. The van der Waals surface area contributed by atoms with E-state index >= 15 is 0 Å². The Kier molecular flexibility index (Phi) is 4.53. The molecule has 19 heavy (non-hydrogen) atoms. The summed E-state index contributed by atoms with van der Waals surface area (Å²) in [6.07, 6.45) is 0.588. The second-order valence-electron chi connectivity index (χ2n) is 4.55. The number of amides is 1. The van der Waals surface area contributed by atoms with E-state index in [1.165, 1.54) is 6.07 Å². The van der Waals surface area contributed by atoms with E-state index < -0.39 is 17.4 Å². The van der Waals surface area contributed by atoms with Gasteiger partial charge in [-0.05, 0) is 37.5 Å². The van der Waals surface area contributed by atoms with Crippen LogP contribution in [0.3, 0.4) is 0 Å². The van der Waals surface area contributed by atoms with Crippen LogP contribution in [0.25, 0.3) is 0 Å². The van der Waals surface area contributed by atoms with Crippen molar-refractivity contribution in [1.29, 1.82) is 0 Å². The Morgan fingerprint density at radius 3 is 2.26 bits per heavy atom. The van der Waals surface area contributed by atoms with Crippen molar-refractivity contribution in [3.05, 3.63) is 29.3 Å². The molecule has 0 saturated carbocycles. The molecule has 0 heterocycles. The van der Waals surface area contributed by atoms with Crippen LogP contribution in [0.5, 0.6) is 5.75 Å². The first-order valence-corrected chi connectivity index (χ1v) is 6.21. The molecule has 0 unspecified atom stereocenters. The van der Waals surface area contributed by atoms with Gasteiger partial charge in [0.1, 0.15) is 11.3 Å². The Morgan fingerprint density at radius 2 is 1.84 bits per heavy atom. The molecule has 0 atom stereocenters. The zero-order chi connectivity index (χ0) is 14.6. The summed E-state index contributed by atoms with van der Waals surface area (Å²) >= 11 is 0. The minimum atomic E-state index is -1.27. The molecule has 0 bridgehead atoms. The van der Waals surface area contributed by atoms with Gasteiger partial charge in [-0.3, -0.25) is 4.79 Å². The molecule has 0 saturated heterocycles. The molecule has 0 fully saturated rings. The number of carbonyl (C=O) groups excluding carboxylic acids is 1. The van der Waals surface area contributed by atoms with Gasteiger partial charge in [0, 0.05) is 5.56 Å². The zero-order valence-corrected chi connectivity index (χ0v) is 11.4. The van der Waals surface area contributed by atoms with Gasteiger partial charge >= 0.3 is 5.97 Å². The van der Waals surface area contributed by atoms with Gasteiger partial charge in [-0.1, -0.05) is 19.9 Å². The average molecular weight is 265 g/mol. The summed E-state index contributed by atoms with van der Waals surface area (Å²) in [7, 11) is 0. The maximum atomic E-state index is 12.1. The van der Waals surface area contributed by atoms with E-state index in [-0.39, 0.29) is 11.3 Å². The molecule has 0 radical (unpaired) electrons. The topological polar surface area (TPSA) is 86.6 Å². The fraction of sp³-hybridized carbons (Fsp3) is 0.429. The third-order valence-corrected chi connectivity index (χ3v) is 3.44. The van der Waals surface area contributed by atoms with Gasteiger partial charge in [0.15, 0.2) is 0 Å². The number of phenolic OH excluding ortho intramolecular Hbond substituents is 1. The molecule has 3 N–H and O–H groups in total. The summed E-state index contributed by atoms with van der Waals surface area (Å²) in [4.78, 5) is 23.4. The second-order valence-corrected chi connectivity index (χ2v) is 4.55. The molecule has 1 amide bonds. The normalized spacial score (nSPS) is 11.1. The average Bonchev–Trinajstić information content (AvgIpc) is 2.38. The Balaban J connectivity index is 3.00. The van der Waals surface area contributed by atoms with Crippen LogP contribution in [0.15, 0.2) is 18.2 Å². The predicted octanol–water partition coefficient (Wildman–Crippen LogP) is 2.07. The molecule has 0 aliphatic carbocycles. The van der Waals surface area contributed by atoms with E-state index in [1.807, 2.05) is 0 Å². The highest BCUT2D eigenvalue weighted by molar-refractivity contribution is 5.98. The molecule has 5 heteroatoms. The SMILES string of the molecule is CCC(CC)(NC(=O)c1ccc(C)c(O)c1)C(=O)O. The smallest absolute Gasteiger partial charge is 0.329 e. The second kappa shape index (κ2) is 5.73.